The highest BCUT2D eigenvalue weighted by atomic mass is 35.5. The van der Waals surface area contributed by atoms with Crippen LogP contribution in [0, 0.1) is 6.92 Å². The third kappa shape index (κ3) is 5.04. The van der Waals surface area contributed by atoms with Crippen molar-refractivity contribution >= 4 is 23.2 Å². The molecular formula is C25H20ClN3O3. The summed E-state index contributed by atoms with van der Waals surface area (Å²) >= 11 is 6.13. The van der Waals surface area contributed by atoms with Gasteiger partial charge in [0.05, 0.1) is 12.8 Å². The first kappa shape index (κ1) is 21.3. The van der Waals surface area contributed by atoms with E-state index in [0.717, 1.165) is 11.1 Å². The first-order valence-electron chi connectivity index (χ1n) is 9.84. The standard InChI is InChI=1S/C25H20ClN3O3/c1-16-6-11-19(12-22(16)26)29-25(30)18-9-7-17(8-10-18)23-14-24(28-15-27-23)32-21-5-3-4-20(13-21)31-2/h3-15H,1-2H3,(H,29,30). The first-order valence-corrected chi connectivity index (χ1v) is 10.2. The molecule has 3 aromatic carbocycles. The van der Waals surface area contributed by atoms with E-state index < -0.39 is 0 Å². The van der Waals surface area contributed by atoms with Crippen molar-refractivity contribution in [3.8, 4) is 28.6 Å². The van der Waals surface area contributed by atoms with Crippen LogP contribution in [0.1, 0.15) is 15.9 Å². The van der Waals surface area contributed by atoms with Crippen LogP contribution in [0.5, 0.6) is 17.4 Å². The molecule has 0 saturated heterocycles. The lowest BCUT2D eigenvalue weighted by Gasteiger charge is -2.09. The maximum Gasteiger partial charge on any atom is 0.255 e. The summed E-state index contributed by atoms with van der Waals surface area (Å²) < 4.78 is 11.0. The molecule has 4 rings (SSSR count). The Bertz CT molecular complexity index is 1260. The SMILES string of the molecule is COc1cccc(Oc2cc(-c3ccc(C(=O)Nc4ccc(C)c(Cl)c4)cc3)ncn2)c1. The van der Waals surface area contributed by atoms with E-state index in [1.54, 1.807) is 37.4 Å². The van der Waals surface area contributed by atoms with Gasteiger partial charge in [0.1, 0.15) is 17.8 Å². The van der Waals surface area contributed by atoms with Crippen molar-refractivity contribution in [1.82, 2.24) is 9.97 Å². The Kier molecular flexibility index (Phi) is 6.33. The molecule has 4 aromatic rings. The third-order valence-electron chi connectivity index (χ3n) is 4.78. The molecule has 0 bridgehead atoms. The molecule has 160 valence electrons. The number of rotatable bonds is 6. The van der Waals surface area contributed by atoms with Crippen LogP contribution < -0.4 is 14.8 Å². The Morgan fingerprint density at radius 1 is 0.938 bits per heavy atom. The molecule has 6 nitrogen and oxygen atoms in total. The van der Waals surface area contributed by atoms with Crippen molar-refractivity contribution in [2.24, 2.45) is 0 Å². The second-order valence-corrected chi connectivity index (χ2v) is 7.43. The summed E-state index contributed by atoms with van der Waals surface area (Å²) in [6.45, 7) is 1.91. The zero-order valence-corrected chi connectivity index (χ0v) is 18.3. The summed E-state index contributed by atoms with van der Waals surface area (Å²) in [6.07, 6.45) is 1.44. The third-order valence-corrected chi connectivity index (χ3v) is 5.19. The van der Waals surface area contributed by atoms with E-state index in [-0.39, 0.29) is 5.91 Å². The summed E-state index contributed by atoms with van der Waals surface area (Å²) in [4.78, 5) is 21.0. The number of nitrogens with one attached hydrogen (secondary N) is 1. The predicted molar refractivity (Wildman–Crippen MR) is 125 cm³/mol. The van der Waals surface area contributed by atoms with Crippen molar-refractivity contribution in [3.05, 3.63) is 95.3 Å². The average molecular weight is 446 g/mol. The number of hydrogen-bond acceptors (Lipinski definition) is 5. The van der Waals surface area contributed by atoms with Crippen LogP contribution in [0.15, 0.2) is 79.1 Å². The van der Waals surface area contributed by atoms with Crippen molar-refractivity contribution in [1.29, 1.82) is 0 Å². The molecule has 1 amide bonds. The van der Waals surface area contributed by atoms with E-state index in [9.17, 15) is 4.79 Å². The number of amides is 1. The van der Waals surface area contributed by atoms with Gasteiger partial charge in [-0.25, -0.2) is 9.97 Å². The fourth-order valence-electron chi connectivity index (χ4n) is 3.00. The lowest BCUT2D eigenvalue weighted by molar-refractivity contribution is 0.102. The smallest absolute Gasteiger partial charge is 0.255 e. The quantitative estimate of drug-likeness (QED) is 0.385. The van der Waals surface area contributed by atoms with E-state index in [4.69, 9.17) is 21.1 Å². The second kappa shape index (κ2) is 9.49. The monoisotopic (exact) mass is 445 g/mol. The van der Waals surface area contributed by atoms with E-state index in [1.165, 1.54) is 6.33 Å². The molecule has 0 aliphatic heterocycles. The molecule has 0 atom stereocenters. The molecule has 0 saturated carbocycles. The molecular weight excluding hydrogens is 426 g/mol. The molecule has 32 heavy (non-hydrogen) atoms. The van der Waals surface area contributed by atoms with Crippen LogP contribution in [0.3, 0.4) is 0 Å². The van der Waals surface area contributed by atoms with E-state index >= 15 is 0 Å². The van der Waals surface area contributed by atoms with E-state index in [0.29, 0.717) is 39.3 Å². The Balaban J connectivity index is 1.48. The van der Waals surface area contributed by atoms with Gasteiger partial charge in [0.15, 0.2) is 0 Å². The number of ether oxygens (including phenoxy) is 2. The molecule has 1 heterocycles. The van der Waals surface area contributed by atoms with Gasteiger partial charge in [0, 0.05) is 34.0 Å². The molecule has 1 N–H and O–H groups in total. The van der Waals surface area contributed by atoms with Gasteiger partial charge in [-0.3, -0.25) is 4.79 Å². The summed E-state index contributed by atoms with van der Waals surface area (Å²) in [7, 11) is 1.60. The zero-order chi connectivity index (χ0) is 22.5. The Labute approximate surface area is 190 Å². The second-order valence-electron chi connectivity index (χ2n) is 7.02. The Morgan fingerprint density at radius 2 is 1.72 bits per heavy atom. The molecule has 0 radical (unpaired) electrons. The lowest BCUT2D eigenvalue weighted by Crippen LogP contribution is -2.11. The van der Waals surface area contributed by atoms with Crippen LogP contribution in [-0.4, -0.2) is 23.0 Å². The number of aryl methyl sites for hydroxylation is 1. The summed E-state index contributed by atoms with van der Waals surface area (Å²) in [5, 5.41) is 3.46. The number of benzene rings is 3. The Hall–Kier alpha value is -3.90. The molecule has 0 fully saturated rings. The fourth-order valence-corrected chi connectivity index (χ4v) is 3.19. The molecule has 0 aliphatic rings. The van der Waals surface area contributed by atoms with Crippen LogP contribution in [0.2, 0.25) is 5.02 Å². The van der Waals surface area contributed by atoms with Crippen LogP contribution in [-0.2, 0) is 0 Å². The maximum absolute atomic E-state index is 12.6. The van der Waals surface area contributed by atoms with Crippen LogP contribution in [0.4, 0.5) is 5.69 Å². The van der Waals surface area contributed by atoms with Crippen molar-refractivity contribution in [2.45, 2.75) is 6.92 Å². The number of carbonyl (C=O) groups excluding carboxylic acids is 1. The van der Waals surface area contributed by atoms with Gasteiger partial charge < -0.3 is 14.8 Å². The van der Waals surface area contributed by atoms with Gasteiger partial charge in [0.25, 0.3) is 5.91 Å². The zero-order valence-electron chi connectivity index (χ0n) is 17.5. The predicted octanol–water partition coefficient (Wildman–Crippen LogP) is 6.16. The summed E-state index contributed by atoms with van der Waals surface area (Å²) in [5.41, 5.74) is 3.62. The number of hydrogen-bond donors (Lipinski definition) is 1. The van der Waals surface area contributed by atoms with E-state index in [2.05, 4.69) is 15.3 Å². The molecule has 1 aromatic heterocycles. The fraction of sp³-hybridized carbons (Fsp3) is 0.0800. The maximum atomic E-state index is 12.6. The van der Waals surface area contributed by atoms with Gasteiger partial charge in [-0.05, 0) is 48.9 Å². The molecule has 0 spiro atoms. The van der Waals surface area contributed by atoms with Gasteiger partial charge in [-0.15, -0.1) is 0 Å². The molecule has 0 unspecified atom stereocenters. The van der Waals surface area contributed by atoms with E-state index in [1.807, 2.05) is 49.4 Å². The van der Waals surface area contributed by atoms with Crippen molar-refractivity contribution in [2.75, 3.05) is 12.4 Å². The van der Waals surface area contributed by atoms with Gasteiger partial charge in [-0.1, -0.05) is 35.9 Å². The van der Waals surface area contributed by atoms with Gasteiger partial charge in [0.2, 0.25) is 5.88 Å². The highest BCUT2D eigenvalue weighted by Gasteiger charge is 2.09. The van der Waals surface area contributed by atoms with Crippen LogP contribution >= 0.6 is 11.6 Å². The summed E-state index contributed by atoms with van der Waals surface area (Å²) in [5.74, 6) is 1.48. The number of halogens is 1. The first-order chi connectivity index (χ1) is 15.5. The molecule has 7 heteroatoms. The number of anilines is 1. The topological polar surface area (TPSA) is 73.3 Å². The molecule has 0 aliphatic carbocycles. The van der Waals surface area contributed by atoms with Gasteiger partial charge >= 0.3 is 0 Å². The average Bonchev–Trinajstić information content (AvgIpc) is 2.82. The minimum atomic E-state index is -0.221. The van der Waals surface area contributed by atoms with Crippen LogP contribution in [0.25, 0.3) is 11.3 Å². The minimum absolute atomic E-state index is 0.221. The highest BCUT2D eigenvalue weighted by Crippen LogP contribution is 2.27. The minimum Gasteiger partial charge on any atom is -0.497 e. The number of methoxy groups -OCH3 is 1. The van der Waals surface area contributed by atoms with Crippen molar-refractivity contribution < 1.29 is 14.3 Å². The number of nitrogens with zero attached hydrogens (tertiary/aromatic N) is 2. The highest BCUT2D eigenvalue weighted by molar-refractivity contribution is 6.31. The van der Waals surface area contributed by atoms with Gasteiger partial charge in [-0.2, -0.15) is 0 Å². The largest absolute Gasteiger partial charge is 0.497 e. The van der Waals surface area contributed by atoms with Crippen molar-refractivity contribution in [3.63, 3.8) is 0 Å². The Morgan fingerprint density at radius 3 is 2.47 bits per heavy atom. The number of aromatic nitrogens is 2. The lowest BCUT2D eigenvalue weighted by atomic mass is 10.1. The number of carbonyl (C=O) groups is 1. The normalized spacial score (nSPS) is 10.5. The summed E-state index contributed by atoms with van der Waals surface area (Å²) in [6, 6.07) is 21.6.